The van der Waals surface area contributed by atoms with E-state index in [0.29, 0.717) is 17.9 Å². The van der Waals surface area contributed by atoms with Gasteiger partial charge in [0.15, 0.2) is 0 Å². The first-order valence-corrected chi connectivity index (χ1v) is 7.24. The van der Waals surface area contributed by atoms with Crippen LogP contribution in [0.4, 0.5) is 5.69 Å². The SMILES string of the molecule is COc1ccc(Br)cc1NC(=O)CC1(N)CCCC1. The van der Waals surface area contributed by atoms with Gasteiger partial charge in [0.05, 0.1) is 12.8 Å². The number of rotatable bonds is 4. The van der Waals surface area contributed by atoms with Crippen molar-refractivity contribution in [2.45, 2.75) is 37.6 Å². The lowest BCUT2D eigenvalue weighted by molar-refractivity contribution is -0.117. The van der Waals surface area contributed by atoms with E-state index in [1.165, 1.54) is 0 Å². The summed E-state index contributed by atoms with van der Waals surface area (Å²) in [6.45, 7) is 0. The molecule has 1 aromatic carbocycles. The zero-order valence-corrected chi connectivity index (χ0v) is 12.6. The molecular formula is C14H19BrN2O2. The molecule has 2 rings (SSSR count). The highest BCUT2D eigenvalue weighted by Crippen LogP contribution is 2.32. The Hall–Kier alpha value is -1.07. The fourth-order valence-electron chi connectivity index (χ4n) is 2.55. The molecule has 1 fully saturated rings. The molecule has 104 valence electrons. The minimum absolute atomic E-state index is 0.0548. The van der Waals surface area contributed by atoms with E-state index in [-0.39, 0.29) is 11.4 Å². The van der Waals surface area contributed by atoms with Crippen molar-refractivity contribution in [1.29, 1.82) is 0 Å². The number of methoxy groups -OCH3 is 1. The standard InChI is InChI=1S/C14H19BrN2O2/c1-19-12-5-4-10(15)8-11(12)17-13(18)9-14(16)6-2-3-7-14/h4-5,8H,2-3,6-7,9,16H2,1H3,(H,17,18). The lowest BCUT2D eigenvalue weighted by atomic mass is 9.94. The minimum atomic E-state index is -0.330. The molecule has 1 saturated carbocycles. The summed E-state index contributed by atoms with van der Waals surface area (Å²) < 4.78 is 6.12. The molecule has 5 heteroatoms. The van der Waals surface area contributed by atoms with Gasteiger partial charge in [-0.05, 0) is 31.0 Å². The monoisotopic (exact) mass is 326 g/mol. The van der Waals surface area contributed by atoms with Gasteiger partial charge in [-0.25, -0.2) is 0 Å². The summed E-state index contributed by atoms with van der Waals surface area (Å²) >= 11 is 3.38. The Balaban J connectivity index is 2.04. The first kappa shape index (κ1) is 14.3. The van der Waals surface area contributed by atoms with Gasteiger partial charge in [-0.15, -0.1) is 0 Å². The summed E-state index contributed by atoms with van der Waals surface area (Å²) in [6, 6.07) is 5.51. The summed E-state index contributed by atoms with van der Waals surface area (Å²) in [4.78, 5) is 12.1. The minimum Gasteiger partial charge on any atom is -0.495 e. The number of anilines is 1. The Labute approximate surface area is 121 Å². The maximum Gasteiger partial charge on any atom is 0.226 e. The van der Waals surface area contributed by atoms with Crippen LogP contribution in [0, 0.1) is 0 Å². The highest BCUT2D eigenvalue weighted by molar-refractivity contribution is 9.10. The third kappa shape index (κ3) is 3.70. The molecule has 1 aliphatic rings. The molecular weight excluding hydrogens is 308 g/mol. The van der Waals surface area contributed by atoms with E-state index in [2.05, 4.69) is 21.2 Å². The number of benzene rings is 1. The molecule has 0 spiro atoms. The van der Waals surface area contributed by atoms with Crippen molar-refractivity contribution in [2.24, 2.45) is 5.73 Å². The van der Waals surface area contributed by atoms with Gasteiger partial charge >= 0.3 is 0 Å². The summed E-state index contributed by atoms with van der Waals surface area (Å²) in [5.41, 5.74) is 6.55. The molecule has 1 aromatic rings. The van der Waals surface area contributed by atoms with Crippen molar-refractivity contribution in [2.75, 3.05) is 12.4 Å². The van der Waals surface area contributed by atoms with Crippen LogP contribution in [-0.4, -0.2) is 18.6 Å². The van der Waals surface area contributed by atoms with Crippen LogP contribution in [-0.2, 0) is 4.79 Å². The van der Waals surface area contributed by atoms with Crippen molar-refractivity contribution in [1.82, 2.24) is 0 Å². The van der Waals surface area contributed by atoms with E-state index in [0.717, 1.165) is 30.2 Å². The van der Waals surface area contributed by atoms with E-state index in [1.807, 2.05) is 18.2 Å². The molecule has 0 unspecified atom stereocenters. The number of nitrogens with one attached hydrogen (secondary N) is 1. The van der Waals surface area contributed by atoms with Gasteiger partial charge in [-0.1, -0.05) is 28.8 Å². The predicted octanol–water partition coefficient (Wildman–Crippen LogP) is 3.06. The van der Waals surface area contributed by atoms with Gasteiger partial charge in [0, 0.05) is 16.4 Å². The van der Waals surface area contributed by atoms with Crippen LogP contribution in [0.25, 0.3) is 0 Å². The maximum atomic E-state index is 12.1. The molecule has 3 N–H and O–H groups in total. The average Bonchev–Trinajstić information content (AvgIpc) is 2.75. The van der Waals surface area contributed by atoms with Crippen LogP contribution in [0.15, 0.2) is 22.7 Å². The highest BCUT2D eigenvalue weighted by atomic mass is 79.9. The maximum absolute atomic E-state index is 12.1. The topological polar surface area (TPSA) is 64.3 Å². The lowest BCUT2D eigenvalue weighted by Crippen LogP contribution is -2.40. The second kappa shape index (κ2) is 5.92. The van der Waals surface area contributed by atoms with Gasteiger partial charge in [-0.3, -0.25) is 4.79 Å². The van der Waals surface area contributed by atoms with Crippen molar-refractivity contribution >= 4 is 27.5 Å². The van der Waals surface area contributed by atoms with Gasteiger partial charge in [0.25, 0.3) is 0 Å². The summed E-state index contributed by atoms with van der Waals surface area (Å²) in [7, 11) is 1.58. The number of ether oxygens (including phenoxy) is 1. The predicted molar refractivity (Wildman–Crippen MR) is 79.3 cm³/mol. The Morgan fingerprint density at radius 2 is 2.16 bits per heavy atom. The first-order chi connectivity index (χ1) is 9.02. The van der Waals surface area contributed by atoms with Gasteiger partial charge in [0.1, 0.15) is 5.75 Å². The number of hydrogen-bond donors (Lipinski definition) is 2. The van der Waals surface area contributed by atoms with E-state index in [1.54, 1.807) is 7.11 Å². The number of carbonyl (C=O) groups excluding carboxylic acids is 1. The largest absolute Gasteiger partial charge is 0.495 e. The van der Waals surface area contributed by atoms with Crippen molar-refractivity contribution in [3.63, 3.8) is 0 Å². The first-order valence-electron chi connectivity index (χ1n) is 6.45. The number of hydrogen-bond acceptors (Lipinski definition) is 3. The van der Waals surface area contributed by atoms with Crippen LogP contribution in [0.1, 0.15) is 32.1 Å². The molecule has 19 heavy (non-hydrogen) atoms. The third-order valence-corrected chi connectivity index (χ3v) is 4.04. The highest BCUT2D eigenvalue weighted by Gasteiger charge is 2.31. The molecule has 0 radical (unpaired) electrons. The second-order valence-corrected chi connectivity index (χ2v) is 6.05. The van der Waals surface area contributed by atoms with Crippen LogP contribution in [0.2, 0.25) is 0 Å². The molecule has 1 aliphatic carbocycles. The fourth-order valence-corrected chi connectivity index (χ4v) is 2.91. The van der Waals surface area contributed by atoms with Crippen molar-refractivity contribution in [3.8, 4) is 5.75 Å². The van der Waals surface area contributed by atoms with E-state index < -0.39 is 0 Å². The summed E-state index contributed by atoms with van der Waals surface area (Å²) in [6.07, 6.45) is 4.45. The molecule has 0 aromatic heterocycles. The molecule has 1 amide bonds. The molecule has 0 heterocycles. The number of carbonyl (C=O) groups is 1. The molecule has 0 saturated heterocycles. The number of nitrogens with two attached hydrogens (primary N) is 1. The van der Waals surface area contributed by atoms with Gasteiger partial charge < -0.3 is 15.8 Å². The average molecular weight is 327 g/mol. The van der Waals surface area contributed by atoms with Gasteiger partial charge in [0.2, 0.25) is 5.91 Å². The molecule has 0 atom stereocenters. The Kier molecular flexibility index (Phi) is 4.47. The zero-order valence-electron chi connectivity index (χ0n) is 11.0. The Morgan fingerprint density at radius 3 is 2.79 bits per heavy atom. The second-order valence-electron chi connectivity index (χ2n) is 5.14. The van der Waals surface area contributed by atoms with E-state index in [9.17, 15) is 4.79 Å². The van der Waals surface area contributed by atoms with Crippen molar-refractivity contribution < 1.29 is 9.53 Å². The van der Waals surface area contributed by atoms with Crippen molar-refractivity contribution in [3.05, 3.63) is 22.7 Å². The van der Waals surface area contributed by atoms with E-state index in [4.69, 9.17) is 10.5 Å². The molecule has 0 aliphatic heterocycles. The normalized spacial score (nSPS) is 17.2. The smallest absolute Gasteiger partial charge is 0.226 e. The summed E-state index contributed by atoms with van der Waals surface area (Å²) in [5, 5.41) is 2.88. The van der Waals surface area contributed by atoms with Crippen LogP contribution in [0.5, 0.6) is 5.75 Å². The number of amides is 1. The molecule has 0 bridgehead atoms. The Morgan fingerprint density at radius 1 is 1.47 bits per heavy atom. The number of halogens is 1. The summed E-state index contributed by atoms with van der Waals surface area (Å²) in [5.74, 6) is 0.592. The zero-order chi connectivity index (χ0) is 13.9. The quantitative estimate of drug-likeness (QED) is 0.893. The lowest BCUT2D eigenvalue weighted by Gasteiger charge is -2.22. The Bertz CT molecular complexity index is 471. The van der Waals surface area contributed by atoms with Crippen LogP contribution in [0.3, 0.4) is 0 Å². The fraction of sp³-hybridized carbons (Fsp3) is 0.500. The van der Waals surface area contributed by atoms with Crippen LogP contribution >= 0.6 is 15.9 Å². The van der Waals surface area contributed by atoms with Crippen LogP contribution < -0.4 is 15.8 Å². The molecule has 4 nitrogen and oxygen atoms in total. The third-order valence-electron chi connectivity index (χ3n) is 3.55. The van der Waals surface area contributed by atoms with E-state index >= 15 is 0 Å². The van der Waals surface area contributed by atoms with Gasteiger partial charge in [-0.2, -0.15) is 0 Å².